The molecule has 0 aliphatic carbocycles. The summed E-state index contributed by atoms with van der Waals surface area (Å²) in [7, 11) is 0. The van der Waals surface area contributed by atoms with Crippen LogP contribution in [0.1, 0.15) is 20.8 Å². The molecule has 60 valence electrons. The van der Waals surface area contributed by atoms with Gasteiger partial charge >= 0.3 is 0 Å². The van der Waals surface area contributed by atoms with Crippen molar-refractivity contribution in [2.24, 2.45) is 5.92 Å². The fourth-order valence-electron chi connectivity index (χ4n) is 0.643. The van der Waals surface area contributed by atoms with Crippen LogP contribution in [0.4, 0.5) is 0 Å². The van der Waals surface area contributed by atoms with Crippen LogP contribution < -0.4 is 0 Å². The van der Waals surface area contributed by atoms with Gasteiger partial charge in [0.1, 0.15) is 11.9 Å². The van der Waals surface area contributed by atoms with E-state index in [0.29, 0.717) is 12.4 Å². The molecule has 0 amide bonds. The number of hydrogen-bond acceptors (Lipinski definition) is 2. The normalized spacial score (nSPS) is 13.3. The SMILES string of the molecule is C=C(OCC)C(O)C(C)C. The van der Waals surface area contributed by atoms with E-state index in [1.54, 1.807) is 0 Å². The van der Waals surface area contributed by atoms with Gasteiger partial charge in [-0.25, -0.2) is 0 Å². The van der Waals surface area contributed by atoms with E-state index in [1.165, 1.54) is 0 Å². The van der Waals surface area contributed by atoms with Gasteiger partial charge in [-0.15, -0.1) is 0 Å². The van der Waals surface area contributed by atoms with Crippen molar-refractivity contribution in [1.29, 1.82) is 0 Å². The highest BCUT2D eigenvalue weighted by Crippen LogP contribution is 2.10. The predicted molar refractivity (Wildman–Crippen MR) is 41.6 cm³/mol. The lowest BCUT2D eigenvalue weighted by Gasteiger charge is -2.16. The number of ether oxygens (including phenoxy) is 1. The van der Waals surface area contributed by atoms with Gasteiger partial charge in [-0.1, -0.05) is 20.4 Å². The minimum atomic E-state index is -0.528. The fourth-order valence-corrected chi connectivity index (χ4v) is 0.643. The van der Waals surface area contributed by atoms with Crippen LogP contribution in [0.25, 0.3) is 0 Å². The Balaban J connectivity index is 3.71. The molecule has 0 aromatic rings. The van der Waals surface area contributed by atoms with Crippen LogP contribution >= 0.6 is 0 Å². The van der Waals surface area contributed by atoms with Crippen LogP contribution in [-0.2, 0) is 4.74 Å². The summed E-state index contributed by atoms with van der Waals surface area (Å²) in [6.45, 7) is 9.89. The minimum Gasteiger partial charge on any atom is -0.496 e. The molecule has 0 aliphatic heterocycles. The number of aliphatic hydroxyl groups is 1. The van der Waals surface area contributed by atoms with Crippen molar-refractivity contribution in [3.63, 3.8) is 0 Å². The molecule has 0 rings (SSSR count). The molecule has 1 N–H and O–H groups in total. The zero-order valence-corrected chi connectivity index (χ0v) is 6.92. The van der Waals surface area contributed by atoms with Gasteiger partial charge in [-0.2, -0.15) is 0 Å². The first kappa shape index (κ1) is 9.50. The topological polar surface area (TPSA) is 29.5 Å². The van der Waals surface area contributed by atoms with Crippen molar-refractivity contribution in [3.8, 4) is 0 Å². The van der Waals surface area contributed by atoms with Crippen molar-refractivity contribution in [2.75, 3.05) is 6.61 Å². The standard InChI is InChI=1S/C8H16O2/c1-5-10-7(4)8(9)6(2)3/h6,8-9H,4-5H2,1-3H3. The Labute approximate surface area is 62.5 Å². The summed E-state index contributed by atoms with van der Waals surface area (Å²) in [5.74, 6) is 0.650. The van der Waals surface area contributed by atoms with E-state index in [9.17, 15) is 5.11 Å². The van der Waals surface area contributed by atoms with Gasteiger partial charge in [0.25, 0.3) is 0 Å². The lowest BCUT2D eigenvalue weighted by atomic mass is 10.1. The Morgan fingerprint density at radius 3 is 2.40 bits per heavy atom. The van der Waals surface area contributed by atoms with Crippen molar-refractivity contribution in [1.82, 2.24) is 0 Å². The van der Waals surface area contributed by atoms with Crippen LogP contribution in [0.15, 0.2) is 12.3 Å². The maximum absolute atomic E-state index is 9.30. The summed E-state index contributed by atoms with van der Waals surface area (Å²) in [6, 6.07) is 0. The lowest BCUT2D eigenvalue weighted by molar-refractivity contribution is 0.0788. The molecule has 2 nitrogen and oxygen atoms in total. The summed E-state index contributed by atoms with van der Waals surface area (Å²) < 4.78 is 5.02. The quantitative estimate of drug-likeness (QED) is 0.607. The summed E-state index contributed by atoms with van der Waals surface area (Å²) in [5.41, 5.74) is 0. The highest BCUT2D eigenvalue weighted by Gasteiger charge is 2.13. The minimum absolute atomic E-state index is 0.180. The van der Waals surface area contributed by atoms with E-state index < -0.39 is 6.10 Å². The first-order valence-electron chi connectivity index (χ1n) is 3.59. The molecule has 0 aliphatic rings. The third kappa shape index (κ3) is 2.87. The highest BCUT2D eigenvalue weighted by molar-refractivity contribution is 4.92. The molecule has 2 heteroatoms. The summed E-state index contributed by atoms with van der Waals surface area (Å²) in [4.78, 5) is 0. The largest absolute Gasteiger partial charge is 0.496 e. The monoisotopic (exact) mass is 144 g/mol. The maximum atomic E-state index is 9.30. The number of rotatable bonds is 4. The highest BCUT2D eigenvalue weighted by atomic mass is 16.5. The van der Waals surface area contributed by atoms with Crippen LogP contribution in [0.3, 0.4) is 0 Å². The third-order valence-corrected chi connectivity index (χ3v) is 1.29. The Hall–Kier alpha value is -0.500. The molecule has 0 aromatic heterocycles. The second kappa shape index (κ2) is 4.34. The van der Waals surface area contributed by atoms with Crippen molar-refractivity contribution in [3.05, 3.63) is 12.3 Å². The Kier molecular flexibility index (Phi) is 4.12. The predicted octanol–water partition coefficient (Wildman–Crippen LogP) is 1.55. The van der Waals surface area contributed by atoms with E-state index in [4.69, 9.17) is 4.74 Å². The van der Waals surface area contributed by atoms with Crippen molar-refractivity contribution in [2.45, 2.75) is 26.9 Å². The summed E-state index contributed by atoms with van der Waals surface area (Å²) >= 11 is 0. The molecule has 0 radical (unpaired) electrons. The average Bonchev–Trinajstić information content (AvgIpc) is 1.87. The fraction of sp³-hybridized carbons (Fsp3) is 0.750. The van der Waals surface area contributed by atoms with Crippen LogP contribution in [0.2, 0.25) is 0 Å². The van der Waals surface area contributed by atoms with E-state index in [1.807, 2.05) is 20.8 Å². The molecule has 0 fully saturated rings. The first-order chi connectivity index (χ1) is 4.59. The lowest BCUT2D eigenvalue weighted by Crippen LogP contribution is -2.18. The molecule has 0 saturated heterocycles. The van der Waals surface area contributed by atoms with Crippen LogP contribution in [0.5, 0.6) is 0 Å². The molecule has 0 bridgehead atoms. The molecule has 1 unspecified atom stereocenters. The van der Waals surface area contributed by atoms with Gasteiger partial charge in [0.15, 0.2) is 0 Å². The van der Waals surface area contributed by atoms with E-state index >= 15 is 0 Å². The Bertz CT molecular complexity index is 108. The number of aliphatic hydroxyl groups excluding tert-OH is 1. The Morgan fingerprint density at radius 1 is 1.60 bits per heavy atom. The second-order valence-corrected chi connectivity index (χ2v) is 2.59. The molecule has 0 saturated carbocycles. The van der Waals surface area contributed by atoms with Gasteiger partial charge in [0.2, 0.25) is 0 Å². The summed E-state index contributed by atoms with van der Waals surface area (Å²) in [5, 5.41) is 9.30. The van der Waals surface area contributed by atoms with E-state index in [0.717, 1.165) is 0 Å². The van der Waals surface area contributed by atoms with E-state index in [2.05, 4.69) is 6.58 Å². The molecule has 0 aromatic carbocycles. The maximum Gasteiger partial charge on any atom is 0.118 e. The van der Waals surface area contributed by atoms with E-state index in [-0.39, 0.29) is 5.92 Å². The molecule has 0 heterocycles. The zero-order valence-electron chi connectivity index (χ0n) is 6.92. The second-order valence-electron chi connectivity index (χ2n) is 2.59. The average molecular weight is 144 g/mol. The van der Waals surface area contributed by atoms with Crippen molar-refractivity contribution < 1.29 is 9.84 Å². The molecule has 0 spiro atoms. The first-order valence-corrected chi connectivity index (χ1v) is 3.59. The third-order valence-electron chi connectivity index (χ3n) is 1.29. The Morgan fingerprint density at radius 2 is 2.10 bits per heavy atom. The molecular weight excluding hydrogens is 128 g/mol. The van der Waals surface area contributed by atoms with Gasteiger partial charge in [0.05, 0.1) is 6.61 Å². The molecule has 10 heavy (non-hydrogen) atoms. The van der Waals surface area contributed by atoms with Gasteiger partial charge < -0.3 is 9.84 Å². The van der Waals surface area contributed by atoms with Crippen LogP contribution in [0, 0.1) is 5.92 Å². The summed E-state index contributed by atoms with van der Waals surface area (Å²) in [6.07, 6.45) is -0.528. The van der Waals surface area contributed by atoms with Gasteiger partial charge in [-0.05, 0) is 12.8 Å². The molecular formula is C8H16O2. The van der Waals surface area contributed by atoms with Crippen molar-refractivity contribution >= 4 is 0 Å². The smallest absolute Gasteiger partial charge is 0.118 e. The van der Waals surface area contributed by atoms with Gasteiger partial charge in [-0.3, -0.25) is 0 Å². The van der Waals surface area contributed by atoms with Gasteiger partial charge in [0, 0.05) is 0 Å². The number of hydrogen-bond donors (Lipinski definition) is 1. The molecule has 1 atom stereocenters. The van der Waals surface area contributed by atoms with Crippen LogP contribution in [-0.4, -0.2) is 17.8 Å². The zero-order chi connectivity index (χ0) is 8.15.